The molecule has 3 heterocycles. The number of ether oxygens (including phenoxy) is 1. The minimum atomic E-state index is -4.80. The molecular formula is C20H22F3N7O3. The summed E-state index contributed by atoms with van der Waals surface area (Å²) in [5.41, 5.74) is 1.16. The molecular weight excluding hydrogens is 443 g/mol. The zero-order valence-corrected chi connectivity index (χ0v) is 17.7. The lowest BCUT2D eigenvalue weighted by Gasteiger charge is -2.11. The second-order valence-electron chi connectivity index (χ2n) is 7.72. The largest absolute Gasteiger partial charge is 0.573 e. The predicted molar refractivity (Wildman–Crippen MR) is 108 cm³/mol. The minimum absolute atomic E-state index is 0.000721. The van der Waals surface area contributed by atoms with E-state index < -0.39 is 12.3 Å². The highest BCUT2D eigenvalue weighted by atomic mass is 19.4. The van der Waals surface area contributed by atoms with Gasteiger partial charge in [0.25, 0.3) is 0 Å². The summed E-state index contributed by atoms with van der Waals surface area (Å²) in [5, 5.41) is 20.6. The lowest BCUT2D eigenvalue weighted by molar-refractivity contribution is -0.274. The normalized spacial score (nSPS) is 17.9. The molecule has 5 rings (SSSR count). The van der Waals surface area contributed by atoms with Gasteiger partial charge in [0.2, 0.25) is 5.89 Å². The first kappa shape index (κ1) is 22.7. The van der Waals surface area contributed by atoms with Crippen LogP contribution in [-0.2, 0) is 7.05 Å². The summed E-state index contributed by atoms with van der Waals surface area (Å²) in [7, 11) is 1.83. The molecule has 1 aliphatic heterocycles. The Morgan fingerprint density at radius 2 is 2.09 bits per heavy atom. The van der Waals surface area contributed by atoms with E-state index in [1.807, 2.05) is 7.05 Å². The van der Waals surface area contributed by atoms with Crippen molar-refractivity contribution in [3.05, 3.63) is 42.0 Å². The summed E-state index contributed by atoms with van der Waals surface area (Å²) < 4.78 is 48.6. The predicted octanol–water partition coefficient (Wildman–Crippen LogP) is 2.42. The molecule has 1 saturated carbocycles. The number of nitrogens with zero attached hydrogens (tertiary/aromatic N) is 5. The first-order valence-electron chi connectivity index (χ1n) is 10.3. The standard InChI is InChI=1S/C17H17F3N4O3.C3H5N3/c18-17(19,20)27-11-3-4-12(9-1-2-9)13(7-11)15-23-24-16(26-15)14(25)22-10-5-6-21-8-10;1-6-3-2-4-5-6/h3-4,7,9-10,21H,1-2,5-6,8H2,(H,22,25);2-3H,1H3. The number of benzene rings is 1. The second kappa shape index (κ2) is 9.57. The second-order valence-corrected chi connectivity index (χ2v) is 7.72. The maximum atomic E-state index is 12.5. The number of nitrogens with one attached hydrogen (secondary N) is 2. The van der Waals surface area contributed by atoms with Crippen molar-refractivity contribution in [2.75, 3.05) is 13.1 Å². The van der Waals surface area contributed by atoms with E-state index in [0.29, 0.717) is 12.1 Å². The molecule has 2 N–H and O–H groups in total. The molecule has 176 valence electrons. The van der Waals surface area contributed by atoms with Crippen LogP contribution in [0, 0.1) is 0 Å². The Kier molecular flexibility index (Phi) is 6.58. The van der Waals surface area contributed by atoms with Gasteiger partial charge >= 0.3 is 18.2 Å². The fourth-order valence-corrected chi connectivity index (χ4v) is 3.38. The monoisotopic (exact) mass is 465 g/mol. The van der Waals surface area contributed by atoms with Gasteiger partial charge in [-0.15, -0.1) is 28.5 Å². The first-order valence-corrected chi connectivity index (χ1v) is 10.3. The van der Waals surface area contributed by atoms with Crippen LogP contribution in [0.25, 0.3) is 11.5 Å². The molecule has 1 atom stereocenters. The van der Waals surface area contributed by atoms with Gasteiger partial charge in [-0.2, -0.15) is 0 Å². The van der Waals surface area contributed by atoms with Crippen molar-refractivity contribution in [1.29, 1.82) is 0 Å². The zero-order valence-electron chi connectivity index (χ0n) is 17.7. The summed E-state index contributed by atoms with van der Waals surface area (Å²) >= 11 is 0. The summed E-state index contributed by atoms with van der Waals surface area (Å²) in [4.78, 5) is 12.2. The quantitative estimate of drug-likeness (QED) is 0.590. The van der Waals surface area contributed by atoms with Crippen molar-refractivity contribution in [2.45, 2.75) is 37.6 Å². The van der Waals surface area contributed by atoms with Crippen LogP contribution in [0.2, 0.25) is 0 Å². The van der Waals surface area contributed by atoms with Gasteiger partial charge < -0.3 is 19.8 Å². The van der Waals surface area contributed by atoms with Gasteiger partial charge in [-0.3, -0.25) is 9.48 Å². The molecule has 2 fully saturated rings. The van der Waals surface area contributed by atoms with E-state index in [1.54, 1.807) is 23.1 Å². The van der Waals surface area contributed by atoms with Crippen LogP contribution in [0.1, 0.15) is 41.4 Å². The number of amides is 1. The Hall–Kier alpha value is -3.48. The highest BCUT2D eigenvalue weighted by molar-refractivity contribution is 5.90. The van der Waals surface area contributed by atoms with E-state index >= 15 is 0 Å². The van der Waals surface area contributed by atoms with Gasteiger partial charge in [-0.25, -0.2) is 0 Å². The van der Waals surface area contributed by atoms with Gasteiger partial charge in [-0.1, -0.05) is 11.3 Å². The molecule has 1 amide bonds. The zero-order chi connectivity index (χ0) is 23.4. The van der Waals surface area contributed by atoms with Crippen LogP contribution in [0.4, 0.5) is 13.2 Å². The number of carbonyl (C=O) groups excluding carboxylic acids is 1. The molecule has 0 bridgehead atoms. The fourth-order valence-electron chi connectivity index (χ4n) is 3.38. The van der Waals surface area contributed by atoms with Gasteiger partial charge in [0.1, 0.15) is 5.75 Å². The van der Waals surface area contributed by atoms with Crippen molar-refractivity contribution < 1.29 is 27.1 Å². The van der Waals surface area contributed by atoms with Crippen molar-refractivity contribution >= 4 is 5.91 Å². The Labute approximate surface area is 186 Å². The molecule has 0 radical (unpaired) electrons. The van der Waals surface area contributed by atoms with E-state index in [1.165, 1.54) is 12.1 Å². The Balaban J connectivity index is 0.000000376. The number of carbonyl (C=O) groups is 1. The SMILES string of the molecule is Cn1ccnn1.O=C(NC1CCNC1)c1nnc(-c2cc(OC(F)(F)F)ccc2C2CC2)o1. The topological polar surface area (TPSA) is 120 Å². The van der Waals surface area contributed by atoms with Crippen molar-refractivity contribution in [3.63, 3.8) is 0 Å². The molecule has 2 aromatic heterocycles. The van der Waals surface area contributed by atoms with E-state index in [9.17, 15) is 18.0 Å². The number of hydrogen-bond acceptors (Lipinski definition) is 8. The lowest BCUT2D eigenvalue weighted by atomic mass is 10.0. The Morgan fingerprint density at radius 1 is 1.27 bits per heavy atom. The average molecular weight is 465 g/mol. The number of alkyl halides is 3. The molecule has 1 aromatic carbocycles. The molecule has 3 aromatic rings. The summed E-state index contributed by atoms with van der Waals surface area (Å²) in [6.45, 7) is 1.48. The van der Waals surface area contributed by atoms with E-state index in [0.717, 1.165) is 31.4 Å². The van der Waals surface area contributed by atoms with Gasteiger partial charge in [0, 0.05) is 31.4 Å². The minimum Gasteiger partial charge on any atom is -0.412 e. The Bertz CT molecular complexity index is 1080. The molecule has 1 unspecified atom stereocenters. The van der Waals surface area contributed by atoms with Crippen LogP contribution in [-0.4, -0.2) is 56.6 Å². The first-order chi connectivity index (χ1) is 15.8. The van der Waals surface area contributed by atoms with Crippen molar-refractivity contribution in [1.82, 2.24) is 35.8 Å². The van der Waals surface area contributed by atoms with Crippen LogP contribution >= 0.6 is 0 Å². The van der Waals surface area contributed by atoms with Gasteiger partial charge in [0.15, 0.2) is 0 Å². The van der Waals surface area contributed by atoms with E-state index in [-0.39, 0.29) is 29.5 Å². The lowest BCUT2D eigenvalue weighted by Crippen LogP contribution is -2.36. The molecule has 10 nitrogen and oxygen atoms in total. The number of hydrogen-bond donors (Lipinski definition) is 2. The van der Waals surface area contributed by atoms with Crippen LogP contribution in [0.15, 0.2) is 35.0 Å². The maximum Gasteiger partial charge on any atom is 0.573 e. The smallest absolute Gasteiger partial charge is 0.412 e. The number of rotatable bonds is 5. The average Bonchev–Trinajstić information content (AvgIpc) is 3.14. The van der Waals surface area contributed by atoms with E-state index in [2.05, 4.69) is 35.9 Å². The number of aromatic nitrogens is 5. The van der Waals surface area contributed by atoms with Crippen LogP contribution in [0.3, 0.4) is 0 Å². The third-order valence-corrected chi connectivity index (χ3v) is 5.06. The molecule has 1 aliphatic carbocycles. The summed E-state index contributed by atoms with van der Waals surface area (Å²) in [5.74, 6) is -0.866. The molecule has 33 heavy (non-hydrogen) atoms. The highest BCUT2D eigenvalue weighted by Gasteiger charge is 2.33. The third kappa shape index (κ3) is 6.28. The molecule has 13 heteroatoms. The van der Waals surface area contributed by atoms with Crippen molar-refractivity contribution in [2.24, 2.45) is 7.05 Å². The van der Waals surface area contributed by atoms with Crippen molar-refractivity contribution in [3.8, 4) is 17.2 Å². The van der Waals surface area contributed by atoms with E-state index in [4.69, 9.17) is 4.42 Å². The van der Waals surface area contributed by atoms with Gasteiger partial charge in [-0.05, 0) is 49.4 Å². The molecule has 0 spiro atoms. The maximum absolute atomic E-state index is 12.5. The Morgan fingerprint density at radius 3 is 2.67 bits per heavy atom. The summed E-state index contributed by atoms with van der Waals surface area (Å²) in [6.07, 6.45) is 1.29. The summed E-state index contributed by atoms with van der Waals surface area (Å²) in [6, 6.07) is 4.04. The van der Waals surface area contributed by atoms with Crippen LogP contribution < -0.4 is 15.4 Å². The van der Waals surface area contributed by atoms with Crippen LogP contribution in [0.5, 0.6) is 5.75 Å². The molecule has 2 aliphatic rings. The fraction of sp³-hybridized carbons (Fsp3) is 0.450. The number of halogens is 3. The highest BCUT2D eigenvalue weighted by Crippen LogP contribution is 2.45. The van der Waals surface area contributed by atoms with Gasteiger partial charge in [0.05, 0.1) is 6.20 Å². The molecule has 1 saturated heterocycles. The third-order valence-electron chi connectivity index (χ3n) is 5.06. The number of aryl methyl sites for hydroxylation is 1.